The van der Waals surface area contributed by atoms with Crippen LogP contribution in [-0.4, -0.2) is 18.5 Å². The van der Waals surface area contributed by atoms with Gasteiger partial charge in [-0.2, -0.15) is 13.2 Å². The number of alkyl halides is 3. The Morgan fingerprint density at radius 3 is 2.50 bits per heavy atom. The van der Waals surface area contributed by atoms with Gasteiger partial charge in [0.2, 0.25) is 5.91 Å². The van der Waals surface area contributed by atoms with Crippen LogP contribution < -0.4 is 11.1 Å². The van der Waals surface area contributed by atoms with E-state index >= 15 is 0 Å². The van der Waals surface area contributed by atoms with Gasteiger partial charge in [0.05, 0.1) is 11.6 Å². The van der Waals surface area contributed by atoms with E-state index in [0.717, 1.165) is 24.1 Å². The van der Waals surface area contributed by atoms with Crippen molar-refractivity contribution in [1.29, 1.82) is 0 Å². The second-order valence-electron chi connectivity index (χ2n) is 5.20. The summed E-state index contributed by atoms with van der Waals surface area (Å²) in [5, 5.41) is 3.04. The molecule has 2 atom stereocenters. The molecule has 1 amide bonds. The van der Waals surface area contributed by atoms with Crippen LogP contribution in [0.3, 0.4) is 0 Å². The Morgan fingerprint density at radius 2 is 1.95 bits per heavy atom. The van der Waals surface area contributed by atoms with E-state index in [1.807, 2.05) is 0 Å². The van der Waals surface area contributed by atoms with E-state index in [-0.39, 0.29) is 17.9 Å². The van der Waals surface area contributed by atoms with Gasteiger partial charge in [-0.25, -0.2) is 0 Å². The fourth-order valence-corrected chi connectivity index (χ4v) is 2.56. The molecule has 6 heteroatoms. The summed E-state index contributed by atoms with van der Waals surface area (Å²) in [6.45, 7) is 0.707. The highest BCUT2D eigenvalue weighted by Gasteiger charge is 2.30. The molecule has 0 radical (unpaired) electrons. The summed E-state index contributed by atoms with van der Waals surface area (Å²) >= 11 is 0. The standard InChI is InChI=1S/C14H17F3N2O/c15-14(16,17)11-3-1-9(2-4-11)7-10-5-6-19-12(8-10)13(18)20/h1-4,10,12,19H,5-8H2,(H2,18,20). The number of nitrogens with two attached hydrogens (primary N) is 1. The first-order valence-electron chi connectivity index (χ1n) is 6.55. The van der Waals surface area contributed by atoms with Crippen molar-refractivity contribution in [2.24, 2.45) is 11.7 Å². The fraction of sp³-hybridized carbons (Fsp3) is 0.500. The van der Waals surface area contributed by atoms with E-state index < -0.39 is 11.7 Å². The maximum absolute atomic E-state index is 12.5. The topological polar surface area (TPSA) is 55.1 Å². The van der Waals surface area contributed by atoms with E-state index in [4.69, 9.17) is 5.73 Å². The zero-order valence-corrected chi connectivity index (χ0v) is 10.9. The summed E-state index contributed by atoms with van der Waals surface area (Å²) < 4.78 is 37.4. The molecule has 2 unspecified atom stereocenters. The molecular formula is C14H17F3N2O. The third kappa shape index (κ3) is 3.72. The fourth-order valence-electron chi connectivity index (χ4n) is 2.56. The Balaban J connectivity index is 1.98. The van der Waals surface area contributed by atoms with E-state index in [1.54, 1.807) is 0 Å². The van der Waals surface area contributed by atoms with Gasteiger partial charge in [0.25, 0.3) is 0 Å². The van der Waals surface area contributed by atoms with Gasteiger partial charge in [-0.1, -0.05) is 12.1 Å². The predicted molar refractivity (Wildman–Crippen MR) is 68.9 cm³/mol. The molecule has 110 valence electrons. The van der Waals surface area contributed by atoms with Crippen molar-refractivity contribution in [2.75, 3.05) is 6.54 Å². The quantitative estimate of drug-likeness (QED) is 0.894. The van der Waals surface area contributed by atoms with Gasteiger partial charge in [-0.05, 0) is 49.4 Å². The molecule has 0 spiro atoms. The van der Waals surface area contributed by atoms with Gasteiger partial charge in [-0.3, -0.25) is 4.79 Å². The molecule has 1 aliphatic rings. The minimum atomic E-state index is -4.30. The molecule has 0 aromatic heterocycles. The number of amides is 1. The number of hydrogen-bond donors (Lipinski definition) is 2. The highest BCUT2D eigenvalue weighted by molar-refractivity contribution is 5.79. The van der Waals surface area contributed by atoms with Crippen molar-refractivity contribution in [3.8, 4) is 0 Å². The lowest BCUT2D eigenvalue weighted by Gasteiger charge is -2.28. The summed E-state index contributed by atoms with van der Waals surface area (Å²) in [4.78, 5) is 11.1. The lowest BCUT2D eigenvalue weighted by Crippen LogP contribution is -2.47. The Hall–Kier alpha value is -1.56. The van der Waals surface area contributed by atoms with Crippen LogP contribution in [0.2, 0.25) is 0 Å². The summed E-state index contributed by atoms with van der Waals surface area (Å²) in [6, 6.07) is 4.88. The zero-order chi connectivity index (χ0) is 14.8. The maximum atomic E-state index is 12.5. The molecule has 1 heterocycles. The molecule has 1 aromatic rings. The Kier molecular flexibility index (Phi) is 4.32. The predicted octanol–water partition coefficient (Wildman–Crippen LogP) is 2.10. The molecule has 1 aliphatic heterocycles. The number of primary amides is 1. The maximum Gasteiger partial charge on any atom is 0.416 e. The Bertz CT molecular complexity index is 470. The lowest BCUT2D eigenvalue weighted by molar-refractivity contribution is -0.137. The van der Waals surface area contributed by atoms with Gasteiger partial charge < -0.3 is 11.1 Å². The highest BCUT2D eigenvalue weighted by Crippen LogP contribution is 2.30. The number of benzene rings is 1. The number of nitrogens with one attached hydrogen (secondary N) is 1. The first-order valence-corrected chi connectivity index (χ1v) is 6.55. The van der Waals surface area contributed by atoms with Crippen LogP contribution in [0.1, 0.15) is 24.0 Å². The van der Waals surface area contributed by atoms with Crippen LogP contribution in [0.4, 0.5) is 13.2 Å². The minimum Gasteiger partial charge on any atom is -0.368 e. The average Bonchev–Trinajstić information content (AvgIpc) is 2.38. The van der Waals surface area contributed by atoms with E-state index in [0.29, 0.717) is 19.4 Å². The summed E-state index contributed by atoms with van der Waals surface area (Å²) in [5.74, 6) is -0.104. The molecule has 20 heavy (non-hydrogen) atoms. The minimum absolute atomic E-state index is 0.269. The SMILES string of the molecule is NC(=O)C1CC(Cc2ccc(C(F)(F)F)cc2)CCN1. The van der Waals surface area contributed by atoms with Crippen LogP contribution >= 0.6 is 0 Å². The zero-order valence-electron chi connectivity index (χ0n) is 10.9. The third-order valence-corrected chi connectivity index (χ3v) is 3.66. The average molecular weight is 286 g/mol. The molecule has 2 rings (SSSR count). The highest BCUT2D eigenvalue weighted by atomic mass is 19.4. The number of carbonyl (C=O) groups excluding carboxylic acids is 1. The first kappa shape index (κ1) is 14.8. The smallest absolute Gasteiger partial charge is 0.368 e. The molecular weight excluding hydrogens is 269 g/mol. The summed E-state index contributed by atoms with van der Waals surface area (Å²) in [7, 11) is 0. The molecule has 1 fully saturated rings. The second kappa shape index (κ2) is 5.83. The number of hydrogen-bond acceptors (Lipinski definition) is 2. The Morgan fingerprint density at radius 1 is 1.30 bits per heavy atom. The Labute approximate surface area is 115 Å². The first-order chi connectivity index (χ1) is 9.36. The van der Waals surface area contributed by atoms with Crippen molar-refractivity contribution < 1.29 is 18.0 Å². The van der Waals surface area contributed by atoms with E-state index in [1.165, 1.54) is 12.1 Å². The number of rotatable bonds is 3. The summed E-state index contributed by atoms with van der Waals surface area (Å²) in [5.41, 5.74) is 5.48. The number of carbonyl (C=O) groups is 1. The van der Waals surface area contributed by atoms with Gasteiger partial charge in [0, 0.05) is 0 Å². The van der Waals surface area contributed by atoms with Gasteiger partial charge in [0.15, 0.2) is 0 Å². The molecule has 1 saturated heterocycles. The molecule has 0 saturated carbocycles. The normalized spacial score (nSPS) is 23.6. The largest absolute Gasteiger partial charge is 0.416 e. The molecule has 0 bridgehead atoms. The van der Waals surface area contributed by atoms with Crippen molar-refractivity contribution in [3.63, 3.8) is 0 Å². The van der Waals surface area contributed by atoms with Crippen molar-refractivity contribution in [1.82, 2.24) is 5.32 Å². The second-order valence-corrected chi connectivity index (χ2v) is 5.20. The third-order valence-electron chi connectivity index (χ3n) is 3.66. The van der Waals surface area contributed by atoms with E-state index in [9.17, 15) is 18.0 Å². The van der Waals surface area contributed by atoms with Crippen LogP contribution in [0.15, 0.2) is 24.3 Å². The monoisotopic (exact) mass is 286 g/mol. The van der Waals surface area contributed by atoms with Crippen LogP contribution in [-0.2, 0) is 17.4 Å². The van der Waals surface area contributed by atoms with Crippen LogP contribution in [0, 0.1) is 5.92 Å². The number of piperidine rings is 1. The van der Waals surface area contributed by atoms with Gasteiger partial charge in [0.1, 0.15) is 0 Å². The molecule has 0 aliphatic carbocycles. The van der Waals surface area contributed by atoms with Crippen molar-refractivity contribution in [3.05, 3.63) is 35.4 Å². The van der Waals surface area contributed by atoms with E-state index in [2.05, 4.69) is 5.32 Å². The molecule has 3 N–H and O–H groups in total. The van der Waals surface area contributed by atoms with Crippen LogP contribution in [0.5, 0.6) is 0 Å². The number of halogens is 3. The van der Waals surface area contributed by atoms with Gasteiger partial charge >= 0.3 is 6.18 Å². The van der Waals surface area contributed by atoms with Crippen molar-refractivity contribution in [2.45, 2.75) is 31.5 Å². The summed E-state index contributed by atoms with van der Waals surface area (Å²) in [6.07, 6.45) is -2.10. The van der Waals surface area contributed by atoms with Gasteiger partial charge in [-0.15, -0.1) is 0 Å². The molecule has 1 aromatic carbocycles. The van der Waals surface area contributed by atoms with Crippen LogP contribution in [0.25, 0.3) is 0 Å². The molecule has 3 nitrogen and oxygen atoms in total. The van der Waals surface area contributed by atoms with Crippen molar-refractivity contribution >= 4 is 5.91 Å². The lowest BCUT2D eigenvalue weighted by atomic mass is 9.87.